The average Bonchev–Trinajstić information content (AvgIpc) is 2.29. The van der Waals surface area contributed by atoms with E-state index in [4.69, 9.17) is 10.2 Å². The molecule has 1 unspecified atom stereocenters. The van der Waals surface area contributed by atoms with Gasteiger partial charge in [0.2, 0.25) is 0 Å². The lowest BCUT2D eigenvalue weighted by molar-refractivity contribution is -0.142. The van der Waals surface area contributed by atoms with Gasteiger partial charge < -0.3 is 19.7 Å². The van der Waals surface area contributed by atoms with Crippen LogP contribution in [0.4, 0.5) is 0 Å². The maximum Gasteiger partial charge on any atom is 0.305 e. The molecule has 0 bridgehead atoms. The molecule has 0 rings (SSSR count). The fourth-order valence-electron chi connectivity index (χ4n) is 0.581. The van der Waals surface area contributed by atoms with Crippen molar-refractivity contribution in [1.29, 1.82) is 0 Å². The highest BCUT2D eigenvalue weighted by Crippen LogP contribution is 1.97. The van der Waals surface area contributed by atoms with Gasteiger partial charge in [-0.25, -0.2) is 0 Å². The molecule has 0 saturated heterocycles. The molecule has 0 aromatic rings. The molecule has 0 aromatic heterocycles. The van der Waals surface area contributed by atoms with Crippen molar-refractivity contribution in [2.24, 2.45) is 0 Å². The Bertz CT molecular complexity index is 174. The summed E-state index contributed by atoms with van der Waals surface area (Å²) in [4.78, 5) is 21.0. The number of esters is 2. The molecule has 0 heterocycles. The molecular weight excluding hydrogens is 216 g/mol. The van der Waals surface area contributed by atoms with Crippen molar-refractivity contribution in [1.82, 2.24) is 0 Å². The summed E-state index contributed by atoms with van der Waals surface area (Å²) in [6, 6.07) is 0. The Hall–Kier alpha value is -1.14. The van der Waals surface area contributed by atoms with Crippen molar-refractivity contribution in [3.05, 3.63) is 0 Å². The minimum Gasteiger partial charge on any atom is -0.469 e. The molecule has 0 aliphatic carbocycles. The van der Waals surface area contributed by atoms with E-state index in [1.165, 1.54) is 21.1 Å². The van der Waals surface area contributed by atoms with Crippen molar-refractivity contribution >= 4 is 11.9 Å². The molecule has 0 aliphatic heterocycles. The van der Waals surface area contributed by atoms with Crippen LogP contribution in [0, 0.1) is 0 Å². The second-order valence-electron chi connectivity index (χ2n) is 3.04. The van der Waals surface area contributed by atoms with E-state index in [0.29, 0.717) is 6.42 Å². The number of carbonyl (C=O) groups is 2. The molecule has 0 fully saturated rings. The zero-order valence-electron chi connectivity index (χ0n) is 9.93. The summed E-state index contributed by atoms with van der Waals surface area (Å²) in [6.07, 6.45) is 0.464. The van der Waals surface area contributed by atoms with Gasteiger partial charge in [0.1, 0.15) is 0 Å². The lowest BCUT2D eigenvalue weighted by Gasteiger charge is -1.97. The fourth-order valence-corrected chi connectivity index (χ4v) is 0.581. The van der Waals surface area contributed by atoms with E-state index in [9.17, 15) is 9.59 Å². The smallest absolute Gasteiger partial charge is 0.305 e. The number of methoxy groups -OCH3 is 2. The first-order chi connectivity index (χ1) is 7.47. The van der Waals surface area contributed by atoms with Crippen molar-refractivity contribution in [3.63, 3.8) is 0 Å². The van der Waals surface area contributed by atoms with Gasteiger partial charge in [-0.1, -0.05) is 0 Å². The van der Waals surface area contributed by atoms with Crippen LogP contribution in [-0.2, 0) is 19.1 Å². The minimum atomic E-state index is -0.560. The number of aliphatic hydroxyl groups is 2. The minimum absolute atomic E-state index is 0.139. The number of ether oxygens (including phenoxy) is 2. The summed E-state index contributed by atoms with van der Waals surface area (Å²) in [7, 11) is 2.64. The number of aliphatic hydroxyl groups excluding tert-OH is 2. The summed E-state index contributed by atoms with van der Waals surface area (Å²) < 4.78 is 8.75. The van der Waals surface area contributed by atoms with Crippen LogP contribution in [0.1, 0.15) is 26.2 Å². The molecule has 0 aromatic carbocycles. The van der Waals surface area contributed by atoms with Gasteiger partial charge in [-0.05, 0) is 13.3 Å². The largest absolute Gasteiger partial charge is 0.469 e. The quantitative estimate of drug-likeness (QED) is 0.645. The second-order valence-corrected chi connectivity index (χ2v) is 3.04. The lowest BCUT2D eigenvalue weighted by atomic mass is 10.2. The summed E-state index contributed by atoms with van der Waals surface area (Å²) >= 11 is 0. The predicted octanol–water partition coefficient (Wildman–Crippen LogP) is -0.138. The summed E-state index contributed by atoms with van der Waals surface area (Å²) in [5, 5.41) is 16.0. The number of rotatable bonds is 5. The first kappa shape index (κ1) is 17.3. The summed E-state index contributed by atoms with van der Waals surface area (Å²) in [5.74, 6) is -0.595. The Balaban J connectivity index is 0. The molecule has 6 nitrogen and oxygen atoms in total. The number of carbonyl (C=O) groups excluding carboxylic acids is 2. The highest BCUT2D eigenvalue weighted by Gasteiger charge is 2.03. The van der Waals surface area contributed by atoms with E-state index in [0.717, 1.165) is 0 Å². The molecule has 0 radical (unpaired) electrons. The molecule has 96 valence electrons. The van der Waals surface area contributed by atoms with Gasteiger partial charge in [0.25, 0.3) is 0 Å². The van der Waals surface area contributed by atoms with Crippen LogP contribution in [0.25, 0.3) is 0 Å². The van der Waals surface area contributed by atoms with E-state index < -0.39 is 6.10 Å². The Morgan fingerprint density at radius 1 is 1.12 bits per heavy atom. The SMILES string of the molecule is CC(O)CO.COC(=O)CCCC(=O)OC. The van der Waals surface area contributed by atoms with E-state index in [1.54, 1.807) is 0 Å². The molecule has 0 aliphatic rings. The lowest BCUT2D eigenvalue weighted by Crippen LogP contribution is -2.04. The highest BCUT2D eigenvalue weighted by molar-refractivity contribution is 5.72. The van der Waals surface area contributed by atoms with Crippen LogP contribution in [-0.4, -0.2) is 49.1 Å². The van der Waals surface area contributed by atoms with Crippen molar-refractivity contribution in [2.45, 2.75) is 32.3 Å². The highest BCUT2D eigenvalue weighted by atomic mass is 16.5. The third-order valence-corrected chi connectivity index (χ3v) is 1.48. The van der Waals surface area contributed by atoms with Crippen LogP contribution >= 0.6 is 0 Å². The van der Waals surface area contributed by atoms with E-state index in [2.05, 4.69) is 9.47 Å². The molecule has 0 spiro atoms. The van der Waals surface area contributed by atoms with Gasteiger partial charge in [-0.2, -0.15) is 0 Å². The monoisotopic (exact) mass is 236 g/mol. The maximum absolute atomic E-state index is 10.5. The van der Waals surface area contributed by atoms with Crippen molar-refractivity contribution < 1.29 is 29.3 Å². The van der Waals surface area contributed by atoms with Crippen LogP contribution in [0.3, 0.4) is 0 Å². The zero-order chi connectivity index (χ0) is 13.0. The van der Waals surface area contributed by atoms with Crippen molar-refractivity contribution in [2.75, 3.05) is 20.8 Å². The summed E-state index contributed by atoms with van der Waals surface area (Å²) in [5.41, 5.74) is 0. The van der Waals surface area contributed by atoms with E-state index >= 15 is 0 Å². The standard InChI is InChI=1S/C7H12O4.C3H8O2/c1-10-6(8)4-3-5-7(9)11-2;1-3(5)2-4/h3-5H2,1-2H3;3-5H,2H2,1H3. The third kappa shape index (κ3) is 15.3. The van der Waals surface area contributed by atoms with Gasteiger partial charge in [0.15, 0.2) is 0 Å². The first-order valence-corrected chi connectivity index (χ1v) is 4.90. The van der Waals surface area contributed by atoms with Gasteiger partial charge in [0, 0.05) is 12.8 Å². The molecule has 1 atom stereocenters. The van der Waals surface area contributed by atoms with Gasteiger partial charge in [0.05, 0.1) is 26.9 Å². The maximum atomic E-state index is 10.5. The van der Waals surface area contributed by atoms with Gasteiger partial charge in [-0.3, -0.25) is 9.59 Å². The van der Waals surface area contributed by atoms with Crippen LogP contribution in [0.15, 0.2) is 0 Å². The molecule has 6 heteroatoms. The van der Waals surface area contributed by atoms with E-state index in [1.807, 2.05) is 0 Å². The number of hydrogen-bond donors (Lipinski definition) is 2. The first-order valence-electron chi connectivity index (χ1n) is 4.90. The molecular formula is C10H20O6. The van der Waals surface area contributed by atoms with Crippen LogP contribution in [0.2, 0.25) is 0 Å². The normalized spacial score (nSPS) is 10.8. The second kappa shape index (κ2) is 11.9. The van der Waals surface area contributed by atoms with Crippen LogP contribution < -0.4 is 0 Å². The Kier molecular flexibility index (Phi) is 12.9. The molecule has 16 heavy (non-hydrogen) atoms. The zero-order valence-corrected chi connectivity index (χ0v) is 9.93. The average molecular weight is 236 g/mol. The topological polar surface area (TPSA) is 93.1 Å². The number of hydrogen-bond acceptors (Lipinski definition) is 6. The molecule has 0 amide bonds. The predicted molar refractivity (Wildman–Crippen MR) is 56.6 cm³/mol. The Labute approximate surface area is 95.2 Å². The molecule has 2 N–H and O–H groups in total. The summed E-state index contributed by atoms with van der Waals surface area (Å²) in [6.45, 7) is 1.39. The van der Waals surface area contributed by atoms with Gasteiger partial charge >= 0.3 is 11.9 Å². The third-order valence-electron chi connectivity index (χ3n) is 1.48. The van der Waals surface area contributed by atoms with Gasteiger partial charge in [-0.15, -0.1) is 0 Å². The van der Waals surface area contributed by atoms with E-state index in [-0.39, 0.29) is 31.4 Å². The Morgan fingerprint density at radius 3 is 1.62 bits per heavy atom. The van der Waals surface area contributed by atoms with Crippen molar-refractivity contribution in [3.8, 4) is 0 Å². The fraction of sp³-hybridized carbons (Fsp3) is 0.800. The Morgan fingerprint density at radius 2 is 1.44 bits per heavy atom. The van der Waals surface area contributed by atoms with Crippen LogP contribution in [0.5, 0.6) is 0 Å². The molecule has 0 saturated carbocycles.